The van der Waals surface area contributed by atoms with Crippen molar-refractivity contribution in [3.63, 3.8) is 0 Å². The molecule has 0 saturated carbocycles. The molecular weight excluding hydrogens is 194 g/mol. The van der Waals surface area contributed by atoms with Crippen molar-refractivity contribution in [2.45, 2.75) is 46.1 Å². The Hall–Kier alpha value is -1.06. The second-order valence-electron chi connectivity index (χ2n) is 3.70. The van der Waals surface area contributed by atoms with E-state index in [2.05, 4.69) is 10.1 Å². The third-order valence-corrected chi connectivity index (χ3v) is 2.48. The minimum atomic E-state index is -0.345. The molecule has 0 radical (unpaired) electrons. The lowest BCUT2D eigenvalue weighted by Crippen LogP contribution is -2.38. The zero-order chi connectivity index (χ0) is 11.8. The van der Waals surface area contributed by atoms with Gasteiger partial charge in [-0.2, -0.15) is 0 Å². The number of nitrogens with one attached hydrogen (secondary N) is 1. The van der Waals surface area contributed by atoms with Crippen LogP contribution in [0.25, 0.3) is 0 Å². The first-order valence-corrected chi connectivity index (χ1v) is 5.42. The summed E-state index contributed by atoms with van der Waals surface area (Å²) in [4.78, 5) is 22.6. The Balaban J connectivity index is 4.03. The van der Waals surface area contributed by atoms with Gasteiger partial charge < -0.3 is 10.1 Å². The summed E-state index contributed by atoms with van der Waals surface area (Å²) in [5.74, 6) is -0.741. The van der Waals surface area contributed by atoms with Gasteiger partial charge in [0.05, 0.1) is 13.5 Å². The second-order valence-corrected chi connectivity index (χ2v) is 3.70. The van der Waals surface area contributed by atoms with Crippen LogP contribution in [0, 0.1) is 5.92 Å². The highest BCUT2D eigenvalue weighted by molar-refractivity contribution is 5.83. The number of ether oxygens (including phenoxy) is 1. The molecule has 0 fully saturated rings. The molecular formula is C11H21NO3. The van der Waals surface area contributed by atoms with Gasteiger partial charge in [0.15, 0.2) is 0 Å². The molecule has 0 aromatic heterocycles. The Morgan fingerprint density at radius 1 is 1.27 bits per heavy atom. The van der Waals surface area contributed by atoms with Gasteiger partial charge in [-0.05, 0) is 12.8 Å². The predicted molar refractivity (Wildman–Crippen MR) is 58.3 cm³/mol. The lowest BCUT2D eigenvalue weighted by molar-refractivity contribution is -0.144. The number of hydrogen-bond donors (Lipinski definition) is 1. The van der Waals surface area contributed by atoms with Crippen LogP contribution < -0.4 is 5.32 Å². The molecule has 0 spiro atoms. The van der Waals surface area contributed by atoms with Crippen LogP contribution in [0.4, 0.5) is 0 Å². The molecule has 0 bridgehead atoms. The summed E-state index contributed by atoms with van der Waals surface area (Å²) in [7, 11) is 1.33. The molecule has 1 N–H and O–H groups in total. The third kappa shape index (κ3) is 5.40. The van der Waals surface area contributed by atoms with E-state index in [1.807, 2.05) is 13.8 Å². The Bertz CT molecular complexity index is 212. The summed E-state index contributed by atoms with van der Waals surface area (Å²) >= 11 is 0. The SMILES string of the molecule is CCC(CC)NC(=O)[C@@H](C)CC(=O)OC. The fourth-order valence-electron chi connectivity index (χ4n) is 1.26. The topological polar surface area (TPSA) is 55.4 Å². The van der Waals surface area contributed by atoms with E-state index in [0.29, 0.717) is 0 Å². The van der Waals surface area contributed by atoms with Crippen molar-refractivity contribution in [3.8, 4) is 0 Å². The first-order valence-electron chi connectivity index (χ1n) is 5.42. The van der Waals surface area contributed by atoms with E-state index < -0.39 is 0 Å². The summed E-state index contributed by atoms with van der Waals surface area (Å²) in [6.45, 7) is 5.79. The lowest BCUT2D eigenvalue weighted by Gasteiger charge is -2.17. The Labute approximate surface area is 91.4 Å². The highest BCUT2D eigenvalue weighted by Crippen LogP contribution is 2.05. The highest BCUT2D eigenvalue weighted by Gasteiger charge is 2.18. The lowest BCUT2D eigenvalue weighted by atomic mass is 10.1. The van der Waals surface area contributed by atoms with E-state index in [9.17, 15) is 9.59 Å². The van der Waals surface area contributed by atoms with E-state index in [1.54, 1.807) is 6.92 Å². The van der Waals surface area contributed by atoms with Gasteiger partial charge in [-0.25, -0.2) is 0 Å². The second kappa shape index (κ2) is 7.26. The third-order valence-electron chi connectivity index (χ3n) is 2.48. The number of rotatable bonds is 6. The normalized spacial score (nSPS) is 12.3. The number of amides is 1. The summed E-state index contributed by atoms with van der Waals surface area (Å²) < 4.78 is 4.51. The van der Waals surface area contributed by atoms with E-state index in [4.69, 9.17) is 0 Å². The van der Waals surface area contributed by atoms with Crippen LogP contribution in [-0.2, 0) is 14.3 Å². The number of carbonyl (C=O) groups excluding carboxylic acids is 2. The standard InChI is InChI=1S/C11H21NO3/c1-5-9(6-2)12-11(14)8(3)7-10(13)15-4/h8-9H,5-7H2,1-4H3,(H,12,14)/t8-/m0/s1. The van der Waals surface area contributed by atoms with Gasteiger partial charge >= 0.3 is 5.97 Å². The molecule has 1 atom stereocenters. The molecule has 4 heteroatoms. The molecule has 15 heavy (non-hydrogen) atoms. The van der Waals surface area contributed by atoms with Crippen molar-refractivity contribution in [1.29, 1.82) is 0 Å². The summed E-state index contributed by atoms with van der Waals surface area (Å²) in [5.41, 5.74) is 0. The summed E-state index contributed by atoms with van der Waals surface area (Å²) in [6.07, 6.45) is 1.96. The van der Waals surface area contributed by atoms with Crippen molar-refractivity contribution < 1.29 is 14.3 Å². The fourth-order valence-corrected chi connectivity index (χ4v) is 1.26. The minimum absolute atomic E-state index is 0.0749. The van der Waals surface area contributed by atoms with Crippen molar-refractivity contribution in [1.82, 2.24) is 5.32 Å². The number of carbonyl (C=O) groups is 2. The van der Waals surface area contributed by atoms with Gasteiger partial charge in [-0.3, -0.25) is 9.59 Å². The predicted octanol–water partition coefficient (Wildman–Crippen LogP) is 1.49. The Kier molecular flexibility index (Phi) is 6.75. The molecule has 0 aliphatic heterocycles. The van der Waals surface area contributed by atoms with Crippen molar-refractivity contribution in [2.75, 3.05) is 7.11 Å². The average Bonchev–Trinajstić information content (AvgIpc) is 2.24. The molecule has 88 valence electrons. The summed E-state index contributed by atoms with van der Waals surface area (Å²) in [5, 5.41) is 2.90. The molecule has 1 amide bonds. The van der Waals surface area contributed by atoms with Crippen LogP contribution in [0.2, 0.25) is 0 Å². The van der Waals surface area contributed by atoms with Crippen LogP contribution in [0.1, 0.15) is 40.0 Å². The molecule has 0 saturated heterocycles. The zero-order valence-electron chi connectivity index (χ0n) is 10.0. The van der Waals surface area contributed by atoms with Gasteiger partial charge in [0.2, 0.25) is 5.91 Å². The van der Waals surface area contributed by atoms with Crippen LogP contribution in [0.5, 0.6) is 0 Å². The van der Waals surface area contributed by atoms with Gasteiger partial charge in [0.1, 0.15) is 0 Å². The first kappa shape index (κ1) is 13.9. The molecule has 0 unspecified atom stereocenters. The van der Waals surface area contributed by atoms with Crippen LogP contribution in [-0.4, -0.2) is 25.0 Å². The first-order chi connectivity index (χ1) is 7.04. The summed E-state index contributed by atoms with van der Waals surface area (Å²) in [6, 6.07) is 0.206. The van der Waals surface area contributed by atoms with Crippen LogP contribution in [0.3, 0.4) is 0 Å². The molecule has 0 aliphatic rings. The fraction of sp³-hybridized carbons (Fsp3) is 0.818. The average molecular weight is 215 g/mol. The Morgan fingerprint density at radius 3 is 2.20 bits per heavy atom. The number of hydrogen-bond acceptors (Lipinski definition) is 3. The van der Waals surface area contributed by atoms with Crippen molar-refractivity contribution in [2.24, 2.45) is 5.92 Å². The van der Waals surface area contributed by atoms with E-state index in [0.717, 1.165) is 12.8 Å². The molecule has 0 rings (SSSR count). The Morgan fingerprint density at radius 2 is 1.80 bits per heavy atom. The smallest absolute Gasteiger partial charge is 0.306 e. The van der Waals surface area contributed by atoms with Gasteiger partial charge in [-0.15, -0.1) is 0 Å². The van der Waals surface area contributed by atoms with E-state index >= 15 is 0 Å². The molecule has 0 aromatic rings. The van der Waals surface area contributed by atoms with E-state index in [-0.39, 0.29) is 30.3 Å². The number of esters is 1. The molecule has 0 heterocycles. The minimum Gasteiger partial charge on any atom is -0.469 e. The van der Waals surface area contributed by atoms with Crippen LogP contribution in [0.15, 0.2) is 0 Å². The van der Waals surface area contributed by atoms with Gasteiger partial charge in [-0.1, -0.05) is 20.8 Å². The van der Waals surface area contributed by atoms with E-state index in [1.165, 1.54) is 7.11 Å². The zero-order valence-corrected chi connectivity index (χ0v) is 10.0. The maximum absolute atomic E-state index is 11.6. The molecule has 0 aromatic carbocycles. The highest BCUT2D eigenvalue weighted by atomic mass is 16.5. The van der Waals surface area contributed by atoms with Gasteiger partial charge in [0.25, 0.3) is 0 Å². The monoisotopic (exact) mass is 215 g/mol. The quantitative estimate of drug-likeness (QED) is 0.683. The molecule has 4 nitrogen and oxygen atoms in total. The van der Waals surface area contributed by atoms with Gasteiger partial charge in [0, 0.05) is 12.0 Å². The maximum atomic E-state index is 11.6. The molecule has 0 aliphatic carbocycles. The van der Waals surface area contributed by atoms with Crippen molar-refractivity contribution >= 4 is 11.9 Å². The number of methoxy groups -OCH3 is 1. The van der Waals surface area contributed by atoms with Crippen LogP contribution >= 0.6 is 0 Å². The largest absolute Gasteiger partial charge is 0.469 e. The maximum Gasteiger partial charge on any atom is 0.306 e. The van der Waals surface area contributed by atoms with Crippen molar-refractivity contribution in [3.05, 3.63) is 0 Å².